The van der Waals surface area contributed by atoms with E-state index in [2.05, 4.69) is 30.3 Å². The van der Waals surface area contributed by atoms with E-state index >= 15 is 0 Å². The number of thioether (sulfide) groups is 1. The summed E-state index contributed by atoms with van der Waals surface area (Å²) < 4.78 is 0. The molecule has 0 aliphatic rings. The summed E-state index contributed by atoms with van der Waals surface area (Å²) in [5.74, 6) is 0. The van der Waals surface area contributed by atoms with Crippen molar-refractivity contribution in [3.8, 4) is 0 Å². The van der Waals surface area contributed by atoms with Crippen LogP contribution in [-0.2, 0) is 0 Å². The van der Waals surface area contributed by atoms with Crippen LogP contribution in [0.5, 0.6) is 0 Å². The summed E-state index contributed by atoms with van der Waals surface area (Å²) in [4.78, 5) is 1.26. The maximum absolute atomic E-state index is 3.79. The van der Waals surface area contributed by atoms with Crippen LogP contribution in [0.4, 0.5) is 5.69 Å². The number of benzene rings is 1. The third-order valence-corrected chi connectivity index (χ3v) is 2.56. The van der Waals surface area contributed by atoms with Crippen LogP contribution in [0.15, 0.2) is 29.7 Å². The summed E-state index contributed by atoms with van der Waals surface area (Å²) in [7, 11) is 1.92. The summed E-state index contributed by atoms with van der Waals surface area (Å²) >= 11 is 1.74. The van der Waals surface area contributed by atoms with Crippen molar-refractivity contribution < 1.29 is 0 Å². The molecular weight excluding hydrogens is 166 g/mol. The number of hydrogen-bond acceptors (Lipinski definition) is 2. The van der Waals surface area contributed by atoms with Crippen LogP contribution in [0.1, 0.15) is 5.56 Å². The van der Waals surface area contributed by atoms with E-state index in [0.29, 0.717) is 0 Å². The van der Waals surface area contributed by atoms with Crippen molar-refractivity contribution in [2.24, 2.45) is 0 Å². The molecule has 2 heteroatoms. The second kappa shape index (κ2) is 4.21. The normalized spacial score (nSPS) is 9.50. The molecule has 0 saturated heterocycles. The molecular formula is C10H13NS. The third-order valence-electron chi connectivity index (χ3n) is 1.76. The second-order valence-electron chi connectivity index (χ2n) is 2.38. The van der Waals surface area contributed by atoms with Gasteiger partial charge in [-0.2, -0.15) is 0 Å². The Labute approximate surface area is 77.9 Å². The van der Waals surface area contributed by atoms with Crippen molar-refractivity contribution in [3.05, 3.63) is 30.3 Å². The Morgan fingerprint density at radius 1 is 1.50 bits per heavy atom. The molecule has 0 atom stereocenters. The lowest BCUT2D eigenvalue weighted by atomic mass is 10.2. The summed E-state index contributed by atoms with van der Waals surface area (Å²) in [6.45, 7) is 3.79. The zero-order chi connectivity index (χ0) is 8.97. The van der Waals surface area contributed by atoms with Crippen molar-refractivity contribution in [2.75, 3.05) is 18.6 Å². The highest BCUT2D eigenvalue weighted by atomic mass is 32.2. The Balaban J connectivity index is 3.21. The molecule has 1 aromatic rings. The monoisotopic (exact) mass is 179 g/mol. The predicted octanol–water partition coefficient (Wildman–Crippen LogP) is 3.09. The fourth-order valence-electron chi connectivity index (χ4n) is 1.15. The average molecular weight is 179 g/mol. The highest BCUT2D eigenvalue weighted by Gasteiger charge is 2.01. The highest BCUT2D eigenvalue weighted by molar-refractivity contribution is 7.98. The van der Waals surface area contributed by atoms with Gasteiger partial charge in [-0.3, -0.25) is 0 Å². The van der Waals surface area contributed by atoms with Gasteiger partial charge in [0.2, 0.25) is 0 Å². The lowest BCUT2D eigenvalue weighted by Crippen LogP contribution is -1.92. The molecule has 0 aliphatic heterocycles. The van der Waals surface area contributed by atoms with Crippen molar-refractivity contribution in [1.82, 2.24) is 0 Å². The molecule has 1 rings (SSSR count). The molecule has 1 N–H and O–H groups in total. The first-order chi connectivity index (χ1) is 5.83. The van der Waals surface area contributed by atoms with Crippen LogP contribution in [0.3, 0.4) is 0 Å². The zero-order valence-electron chi connectivity index (χ0n) is 7.42. The van der Waals surface area contributed by atoms with Gasteiger partial charge in [0.1, 0.15) is 0 Å². The number of hydrogen-bond donors (Lipinski definition) is 1. The first-order valence-electron chi connectivity index (χ1n) is 3.80. The molecule has 1 aromatic carbocycles. The van der Waals surface area contributed by atoms with E-state index in [4.69, 9.17) is 0 Å². The average Bonchev–Trinajstić information content (AvgIpc) is 2.16. The molecule has 0 saturated carbocycles. The van der Waals surface area contributed by atoms with E-state index in [1.807, 2.05) is 19.2 Å². The summed E-state index contributed by atoms with van der Waals surface area (Å²) in [6.07, 6.45) is 3.96. The first-order valence-corrected chi connectivity index (χ1v) is 5.03. The Kier molecular flexibility index (Phi) is 3.23. The molecule has 0 unspecified atom stereocenters. The molecule has 1 nitrogen and oxygen atoms in total. The quantitative estimate of drug-likeness (QED) is 0.716. The van der Waals surface area contributed by atoms with Gasteiger partial charge in [-0.25, -0.2) is 0 Å². The molecule has 0 radical (unpaired) electrons. The number of rotatable bonds is 3. The Morgan fingerprint density at radius 2 is 2.25 bits per heavy atom. The van der Waals surface area contributed by atoms with Gasteiger partial charge in [0.05, 0.1) is 0 Å². The van der Waals surface area contributed by atoms with E-state index in [0.717, 1.165) is 5.69 Å². The molecule has 0 amide bonds. The van der Waals surface area contributed by atoms with Crippen LogP contribution < -0.4 is 5.32 Å². The van der Waals surface area contributed by atoms with Gasteiger partial charge in [0, 0.05) is 23.2 Å². The van der Waals surface area contributed by atoms with E-state index in [-0.39, 0.29) is 0 Å². The Hall–Kier alpha value is -0.890. The minimum Gasteiger partial charge on any atom is -0.388 e. The molecule has 0 heterocycles. The fourth-order valence-corrected chi connectivity index (χ4v) is 1.78. The number of anilines is 1. The predicted molar refractivity (Wildman–Crippen MR) is 57.9 cm³/mol. The maximum Gasteiger partial charge on any atom is 0.0422 e. The smallest absolute Gasteiger partial charge is 0.0422 e. The molecule has 64 valence electrons. The van der Waals surface area contributed by atoms with E-state index < -0.39 is 0 Å². The Morgan fingerprint density at radius 3 is 2.75 bits per heavy atom. The van der Waals surface area contributed by atoms with Crippen molar-refractivity contribution in [2.45, 2.75) is 4.90 Å². The lowest BCUT2D eigenvalue weighted by Gasteiger charge is -2.08. The first kappa shape index (κ1) is 9.20. The summed E-state index contributed by atoms with van der Waals surface area (Å²) in [6, 6.07) is 6.20. The summed E-state index contributed by atoms with van der Waals surface area (Å²) in [5, 5.41) is 3.14. The molecule has 12 heavy (non-hydrogen) atoms. The van der Waals surface area contributed by atoms with Crippen molar-refractivity contribution in [1.29, 1.82) is 0 Å². The largest absolute Gasteiger partial charge is 0.388 e. The van der Waals surface area contributed by atoms with Crippen LogP contribution in [0, 0.1) is 0 Å². The minimum atomic E-state index is 1.14. The maximum atomic E-state index is 3.79. The molecule has 0 aromatic heterocycles. The zero-order valence-corrected chi connectivity index (χ0v) is 8.24. The minimum absolute atomic E-state index is 1.14. The molecule has 0 fully saturated rings. The van der Waals surface area contributed by atoms with Gasteiger partial charge >= 0.3 is 0 Å². The summed E-state index contributed by atoms with van der Waals surface area (Å²) in [5.41, 5.74) is 2.32. The lowest BCUT2D eigenvalue weighted by molar-refractivity contribution is 1.39. The molecule has 0 aliphatic carbocycles. The third kappa shape index (κ3) is 1.64. The van der Waals surface area contributed by atoms with Crippen LogP contribution in [0.2, 0.25) is 0 Å². The van der Waals surface area contributed by atoms with Gasteiger partial charge in [0.25, 0.3) is 0 Å². The number of nitrogens with one attached hydrogen (secondary N) is 1. The van der Waals surface area contributed by atoms with Gasteiger partial charge in [0.15, 0.2) is 0 Å². The fraction of sp³-hybridized carbons (Fsp3) is 0.200. The van der Waals surface area contributed by atoms with Gasteiger partial charge in [-0.05, 0) is 18.4 Å². The van der Waals surface area contributed by atoms with Crippen LogP contribution in [-0.4, -0.2) is 13.3 Å². The van der Waals surface area contributed by atoms with Crippen LogP contribution in [0.25, 0.3) is 6.08 Å². The van der Waals surface area contributed by atoms with Crippen LogP contribution >= 0.6 is 11.8 Å². The SMILES string of the molecule is C=Cc1c(NC)cccc1SC. The van der Waals surface area contributed by atoms with E-state index in [9.17, 15) is 0 Å². The van der Waals surface area contributed by atoms with E-state index in [1.54, 1.807) is 11.8 Å². The molecule has 0 spiro atoms. The van der Waals surface area contributed by atoms with Gasteiger partial charge < -0.3 is 5.32 Å². The topological polar surface area (TPSA) is 12.0 Å². The van der Waals surface area contributed by atoms with Crippen molar-refractivity contribution in [3.63, 3.8) is 0 Å². The van der Waals surface area contributed by atoms with E-state index in [1.165, 1.54) is 10.5 Å². The van der Waals surface area contributed by atoms with Crippen molar-refractivity contribution >= 4 is 23.5 Å². The van der Waals surface area contributed by atoms with Gasteiger partial charge in [-0.1, -0.05) is 18.7 Å². The highest BCUT2D eigenvalue weighted by Crippen LogP contribution is 2.27. The second-order valence-corrected chi connectivity index (χ2v) is 3.22. The standard InChI is InChI=1S/C10H13NS/c1-4-8-9(11-2)6-5-7-10(8)12-3/h4-7,11H,1H2,2-3H3. The van der Waals surface area contributed by atoms with Gasteiger partial charge in [-0.15, -0.1) is 11.8 Å². The molecule has 0 bridgehead atoms. The Bertz CT molecular complexity index is 259.